The van der Waals surface area contributed by atoms with Gasteiger partial charge >= 0.3 is 0 Å². The molecule has 1 atom stereocenters. The second-order valence-electron chi connectivity index (χ2n) is 8.88. The van der Waals surface area contributed by atoms with Crippen LogP contribution in [0.2, 0.25) is 0 Å². The zero-order valence-electron chi connectivity index (χ0n) is 18.4. The molecule has 0 saturated heterocycles. The summed E-state index contributed by atoms with van der Waals surface area (Å²) in [6.07, 6.45) is 3.16. The Labute approximate surface area is 186 Å². The van der Waals surface area contributed by atoms with Crippen molar-refractivity contribution in [3.63, 3.8) is 0 Å². The Hall–Kier alpha value is -1.79. The summed E-state index contributed by atoms with van der Waals surface area (Å²) in [5.74, 6) is 2.33. The number of hydrogen-bond acceptors (Lipinski definition) is 5. The Morgan fingerprint density at radius 2 is 1.97 bits per heavy atom. The molecule has 0 amide bonds. The van der Waals surface area contributed by atoms with Crippen LogP contribution in [0.1, 0.15) is 51.5 Å². The molecule has 30 heavy (non-hydrogen) atoms. The summed E-state index contributed by atoms with van der Waals surface area (Å²) in [6.45, 7) is 11.7. The molecule has 1 aliphatic carbocycles. The number of benzene rings is 1. The van der Waals surface area contributed by atoms with Gasteiger partial charge in [0.05, 0.1) is 17.7 Å². The summed E-state index contributed by atoms with van der Waals surface area (Å²) < 4.78 is 7.35. The molecular weight excluding hydrogens is 412 g/mol. The van der Waals surface area contributed by atoms with Crippen molar-refractivity contribution in [2.24, 2.45) is 11.3 Å². The Kier molecular flexibility index (Phi) is 5.99. The van der Waals surface area contributed by atoms with Gasteiger partial charge in [-0.15, -0.1) is 11.3 Å². The summed E-state index contributed by atoms with van der Waals surface area (Å²) in [4.78, 5) is 21.0. The Balaban J connectivity index is 1.86. The summed E-state index contributed by atoms with van der Waals surface area (Å²) in [7, 11) is 0. The fourth-order valence-electron chi connectivity index (χ4n) is 4.26. The third-order valence-electron chi connectivity index (χ3n) is 5.96. The number of ether oxygens (including phenoxy) is 1. The molecule has 2 aromatic heterocycles. The van der Waals surface area contributed by atoms with Crippen LogP contribution in [0.15, 0.2) is 34.2 Å². The van der Waals surface area contributed by atoms with Crippen LogP contribution in [-0.2, 0) is 12.8 Å². The first kappa shape index (κ1) is 21.4. The minimum Gasteiger partial charge on any atom is -0.494 e. The van der Waals surface area contributed by atoms with Crippen LogP contribution in [0, 0.1) is 11.3 Å². The molecule has 4 nitrogen and oxygen atoms in total. The lowest BCUT2D eigenvalue weighted by Crippen LogP contribution is -2.27. The lowest BCUT2D eigenvalue weighted by atomic mass is 9.72. The fraction of sp³-hybridized carbons (Fsp3) is 0.500. The van der Waals surface area contributed by atoms with E-state index in [0.717, 1.165) is 51.8 Å². The van der Waals surface area contributed by atoms with Crippen molar-refractivity contribution in [3.05, 3.63) is 45.1 Å². The van der Waals surface area contributed by atoms with Crippen molar-refractivity contribution in [3.8, 4) is 11.4 Å². The first-order chi connectivity index (χ1) is 14.3. The van der Waals surface area contributed by atoms with Gasteiger partial charge in [0.25, 0.3) is 5.56 Å². The highest BCUT2D eigenvalue weighted by Gasteiger charge is 2.32. The maximum absolute atomic E-state index is 13.7. The van der Waals surface area contributed by atoms with Crippen LogP contribution >= 0.6 is 23.1 Å². The highest BCUT2D eigenvalue weighted by Crippen LogP contribution is 2.42. The highest BCUT2D eigenvalue weighted by atomic mass is 32.2. The Bertz CT molecular complexity index is 1110. The molecule has 0 fully saturated rings. The van der Waals surface area contributed by atoms with Crippen molar-refractivity contribution in [1.29, 1.82) is 0 Å². The molecule has 1 unspecified atom stereocenters. The van der Waals surface area contributed by atoms with E-state index in [1.54, 1.807) is 27.7 Å². The largest absolute Gasteiger partial charge is 0.494 e. The van der Waals surface area contributed by atoms with Crippen molar-refractivity contribution < 1.29 is 4.74 Å². The third-order valence-corrected chi connectivity index (χ3v) is 7.93. The smallest absolute Gasteiger partial charge is 0.267 e. The number of aryl methyl sites for hydroxylation is 1. The van der Waals surface area contributed by atoms with Gasteiger partial charge in [-0.2, -0.15) is 0 Å². The molecule has 0 spiro atoms. The quantitative estimate of drug-likeness (QED) is 0.353. The van der Waals surface area contributed by atoms with Gasteiger partial charge < -0.3 is 4.74 Å². The van der Waals surface area contributed by atoms with E-state index < -0.39 is 0 Å². The number of hydrogen-bond donors (Lipinski definition) is 0. The van der Waals surface area contributed by atoms with Gasteiger partial charge in [-0.1, -0.05) is 39.5 Å². The maximum atomic E-state index is 13.7. The molecule has 4 rings (SSSR count). The van der Waals surface area contributed by atoms with E-state index in [1.807, 2.05) is 31.2 Å². The van der Waals surface area contributed by atoms with E-state index in [-0.39, 0.29) is 11.0 Å². The lowest BCUT2D eigenvalue weighted by Gasteiger charge is -2.33. The van der Waals surface area contributed by atoms with Gasteiger partial charge in [-0.05, 0) is 73.1 Å². The number of nitrogens with zero attached hydrogens (tertiary/aromatic N) is 2. The molecule has 0 aliphatic heterocycles. The van der Waals surface area contributed by atoms with E-state index in [9.17, 15) is 4.79 Å². The second-order valence-corrected chi connectivity index (χ2v) is 11.2. The van der Waals surface area contributed by atoms with E-state index in [4.69, 9.17) is 9.72 Å². The molecule has 0 saturated carbocycles. The summed E-state index contributed by atoms with van der Waals surface area (Å²) in [5.41, 5.74) is 2.43. The standard InChI is InChI=1S/C24H30N2O2S2/c1-6-28-17-11-9-16(10-12-17)26-22(27)20-18-13-8-15(24(3,4)5)14-19(18)30-21(20)25-23(26)29-7-2/h9-12,15H,6-8,13-14H2,1-5H3. The zero-order valence-corrected chi connectivity index (χ0v) is 20.1. The van der Waals surface area contributed by atoms with Crippen LogP contribution in [-0.4, -0.2) is 21.9 Å². The predicted molar refractivity (Wildman–Crippen MR) is 128 cm³/mol. The van der Waals surface area contributed by atoms with Gasteiger partial charge in [0.15, 0.2) is 5.16 Å². The van der Waals surface area contributed by atoms with E-state index in [2.05, 4.69) is 27.7 Å². The molecule has 0 bridgehead atoms. The summed E-state index contributed by atoms with van der Waals surface area (Å²) >= 11 is 3.35. The molecule has 0 N–H and O–H groups in total. The molecule has 1 aliphatic rings. The van der Waals surface area contributed by atoms with Crippen molar-refractivity contribution in [2.75, 3.05) is 12.4 Å². The Morgan fingerprint density at radius 1 is 1.23 bits per heavy atom. The van der Waals surface area contributed by atoms with Crippen LogP contribution in [0.25, 0.3) is 15.9 Å². The van der Waals surface area contributed by atoms with Gasteiger partial charge in [-0.25, -0.2) is 4.98 Å². The molecular formula is C24H30N2O2S2. The molecule has 1 aromatic carbocycles. The molecule has 0 radical (unpaired) electrons. The zero-order chi connectivity index (χ0) is 21.5. The predicted octanol–water partition coefficient (Wildman–Crippen LogP) is 6.11. The van der Waals surface area contributed by atoms with E-state index in [0.29, 0.717) is 12.5 Å². The van der Waals surface area contributed by atoms with Crippen molar-refractivity contribution in [2.45, 2.75) is 59.0 Å². The van der Waals surface area contributed by atoms with E-state index >= 15 is 0 Å². The lowest BCUT2D eigenvalue weighted by molar-refractivity contribution is 0.218. The van der Waals surface area contributed by atoms with Gasteiger partial charge in [-0.3, -0.25) is 9.36 Å². The molecule has 6 heteroatoms. The number of thioether (sulfide) groups is 1. The van der Waals surface area contributed by atoms with Crippen LogP contribution in [0.3, 0.4) is 0 Å². The van der Waals surface area contributed by atoms with Gasteiger partial charge in [0.2, 0.25) is 0 Å². The minimum atomic E-state index is 0.0619. The van der Waals surface area contributed by atoms with E-state index in [1.165, 1.54) is 10.4 Å². The topological polar surface area (TPSA) is 44.1 Å². The highest BCUT2D eigenvalue weighted by molar-refractivity contribution is 7.99. The first-order valence-corrected chi connectivity index (χ1v) is 12.6. The normalized spacial score (nSPS) is 16.6. The molecule has 2 heterocycles. The van der Waals surface area contributed by atoms with Crippen LogP contribution in [0.4, 0.5) is 0 Å². The third kappa shape index (κ3) is 3.92. The molecule has 3 aromatic rings. The first-order valence-electron chi connectivity index (χ1n) is 10.8. The second kappa shape index (κ2) is 8.39. The van der Waals surface area contributed by atoms with Crippen LogP contribution < -0.4 is 10.3 Å². The fourth-order valence-corrected chi connectivity index (χ4v) is 6.34. The van der Waals surface area contributed by atoms with Gasteiger partial charge in [0, 0.05) is 4.88 Å². The summed E-state index contributed by atoms with van der Waals surface area (Å²) in [5, 5.41) is 1.60. The van der Waals surface area contributed by atoms with Crippen molar-refractivity contribution in [1.82, 2.24) is 9.55 Å². The number of rotatable bonds is 5. The van der Waals surface area contributed by atoms with Crippen LogP contribution in [0.5, 0.6) is 5.75 Å². The minimum absolute atomic E-state index is 0.0619. The average molecular weight is 443 g/mol. The monoisotopic (exact) mass is 442 g/mol. The average Bonchev–Trinajstić information content (AvgIpc) is 3.07. The van der Waals surface area contributed by atoms with Crippen molar-refractivity contribution >= 4 is 33.3 Å². The SMILES string of the molecule is CCOc1ccc(-n2c(SCC)nc3sc4c(c3c2=O)CCC(C(C)(C)C)C4)cc1. The molecule has 160 valence electrons. The summed E-state index contributed by atoms with van der Waals surface area (Å²) in [6, 6.07) is 7.75. The number of aromatic nitrogens is 2. The Morgan fingerprint density at radius 3 is 2.60 bits per heavy atom. The maximum Gasteiger partial charge on any atom is 0.267 e. The number of thiophene rings is 1. The number of fused-ring (bicyclic) bond motifs is 3. The van der Waals surface area contributed by atoms with Gasteiger partial charge in [0.1, 0.15) is 10.6 Å².